The molecule has 18 heavy (non-hydrogen) atoms. The van der Waals surface area contributed by atoms with E-state index in [-0.39, 0.29) is 13.0 Å². The van der Waals surface area contributed by atoms with Gasteiger partial charge in [-0.3, -0.25) is 4.79 Å². The summed E-state index contributed by atoms with van der Waals surface area (Å²) in [5.74, 6) is -0.899. The SMILES string of the molecule is COC(=O)COC1(CC(=O)OC)CC=C(OC)S1. The van der Waals surface area contributed by atoms with E-state index >= 15 is 0 Å². The molecule has 0 aromatic carbocycles. The Morgan fingerprint density at radius 3 is 2.44 bits per heavy atom. The summed E-state index contributed by atoms with van der Waals surface area (Å²) in [4.78, 5) is 21.6. The first-order valence-electron chi connectivity index (χ1n) is 5.26. The summed E-state index contributed by atoms with van der Waals surface area (Å²) in [5, 5.41) is 0.656. The molecule has 0 aromatic heterocycles. The van der Waals surface area contributed by atoms with Crippen molar-refractivity contribution in [3.8, 4) is 0 Å². The number of rotatable bonds is 6. The Balaban J connectivity index is 2.65. The molecule has 7 heteroatoms. The molecule has 1 aliphatic heterocycles. The van der Waals surface area contributed by atoms with Crippen LogP contribution in [0, 0.1) is 0 Å². The maximum Gasteiger partial charge on any atom is 0.331 e. The average Bonchev–Trinajstić information content (AvgIpc) is 2.79. The number of thioether (sulfide) groups is 1. The number of esters is 2. The third-order valence-corrected chi connectivity index (χ3v) is 3.72. The lowest BCUT2D eigenvalue weighted by Gasteiger charge is -2.26. The van der Waals surface area contributed by atoms with Crippen molar-refractivity contribution in [2.75, 3.05) is 27.9 Å². The van der Waals surface area contributed by atoms with Gasteiger partial charge in [-0.25, -0.2) is 4.79 Å². The van der Waals surface area contributed by atoms with Gasteiger partial charge >= 0.3 is 11.9 Å². The molecule has 0 fully saturated rings. The Hall–Kier alpha value is -1.21. The number of methoxy groups -OCH3 is 3. The molecule has 0 aromatic rings. The third-order valence-electron chi connectivity index (χ3n) is 2.39. The number of carbonyl (C=O) groups is 2. The molecule has 1 heterocycles. The van der Waals surface area contributed by atoms with Gasteiger partial charge in [-0.05, 0) is 6.08 Å². The van der Waals surface area contributed by atoms with Gasteiger partial charge in [0.15, 0.2) is 5.09 Å². The number of hydrogen-bond acceptors (Lipinski definition) is 7. The standard InChI is InChI=1S/C11H16O6S/c1-14-8(12)6-11(17-7-9(13)15-2)5-4-10(16-3)18-11/h4H,5-7H2,1-3H3. The Kier molecular flexibility index (Phi) is 5.49. The maximum atomic E-state index is 11.4. The lowest BCUT2D eigenvalue weighted by Crippen LogP contribution is -2.32. The van der Waals surface area contributed by atoms with Crippen LogP contribution in [0.25, 0.3) is 0 Å². The Bertz CT molecular complexity index is 353. The first-order valence-corrected chi connectivity index (χ1v) is 6.07. The van der Waals surface area contributed by atoms with Crippen molar-refractivity contribution in [3.05, 3.63) is 11.2 Å². The lowest BCUT2D eigenvalue weighted by atomic mass is 10.2. The maximum absolute atomic E-state index is 11.4. The second-order valence-corrected chi connectivity index (χ2v) is 4.91. The van der Waals surface area contributed by atoms with Crippen molar-refractivity contribution < 1.29 is 28.5 Å². The van der Waals surface area contributed by atoms with Crippen LogP contribution in [0.2, 0.25) is 0 Å². The number of hydrogen-bond donors (Lipinski definition) is 0. The molecule has 6 nitrogen and oxygen atoms in total. The van der Waals surface area contributed by atoms with Gasteiger partial charge in [0.25, 0.3) is 0 Å². The smallest absolute Gasteiger partial charge is 0.331 e. The first-order chi connectivity index (χ1) is 8.55. The van der Waals surface area contributed by atoms with Crippen LogP contribution in [0.15, 0.2) is 11.2 Å². The monoisotopic (exact) mass is 276 g/mol. The highest BCUT2D eigenvalue weighted by atomic mass is 32.2. The van der Waals surface area contributed by atoms with E-state index in [1.165, 1.54) is 33.1 Å². The number of ether oxygens (including phenoxy) is 4. The highest BCUT2D eigenvalue weighted by Crippen LogP contribution is 2.45. The fraction of sp³-hybridized carbons (Fsp3) is 0.636. The van der Waals surface area contributed by atoms with E-state index in [0.29, 0.717) is 11.5 Å². The molecule has 1 aliphatic rings. The van der Waals surface area contributed by atoms with Crippen LogP contribution in [-0.4, -0.2) is 44.8 Å². The summed E-state index contributed by atoms with van der Waals surface area (Å²) in [5.41, 5.74) is 0. The summed E-state index contributed by atoms with van der Waals surface area (Å²) in [6.07, 6.45) is 2.31. The van der Waals surface area contributed by atoms with Crippen molar-refractivity contribution in [1.29, 1.82) is 0 Å². The van der Waals surface area contributed by atoms with Crippen LogP contribution < -0.4 is 0 Å². The molecule has 0 aliphatic carbocycles. The largest absolute Gasteiger partial charge is 0.491 e. The molecule has 0 spiro atoms. The lowest BCUT2D eigenvalue weighted by molar-refractivity contribution is -0.154. The van der Waals surface area contributed by atoms with E-state index in [1.54, 1.807) is 0 Å². The van der Waals surface area contributed by atoms with Crippen molar-refractivity contribution >= 4 is 23.7 Å². The van der Waals surface area contributed by atoms with E-state index in [2.05, 4.69) is 9.47 Å². The molecule has 1 atom stereocenters. The van der Waals surface area contributed by atoms with Crippen LogP contribution in [0.3, 0.4) is 0 Å². The predicted molar refractivity (Wildman–Crippen MR) is 64.6 cm³/mol. The van der Waals surface area contributed by atoms with E-state index in [1.807, 2.05) is 6.08 Å². The third kappa shape index (κ3) is 3.92. The van der Waals surface area contributed by atoms with Crippen LogP contribution in [0.4, 0.5) is 0 Å². The molecule has 0 saturated carbocycles. The van der Waals surface area contributed by atoms with Gasteiger partial charge in [-0.2, -0.15) is 0 Å². The van der Waals surface area contributed by atoms with Gasteiger partial charge in [-0.15, -0.1) is 0 Å². The highest BCUT2D eigenvalue weighted by molar-refractivity contribution is 8.04. The molecule has 1 unspecified atom stereocenters. The van der Waals surface area contributed by atoms with Gasteiger partial charge in [-0.1, -0.05) is 11.8 Å². The van der Waals surface area contributed by atoms with Crippen LogP contribution in [0.5, 0.6) is 0 Å². The molecule has 0 amide bonds. The molecule has 0 bridgehead atoms. The Labute approximate surface area is 110 Å². The predicted octanol–water partition coefficient (Wildman–Crippen LogP) is 1.06. The second-order valence-electron chi connectivity index (χ2n) is 3.56. The molecule has 0 radical (unpaired) electrons. The Morgan fingerprint density at radius 1 is 1.28 bits per heavy atom. The summed E-state index contributed by atoms with van der Waals surface area (Å²) < 4.78 is 19.7. The normalized spacial score (nSPS) is 22.3. The highest BCUT2D eigenvalue weighted by Gasteiger charge is 2.40. The van der Waals surface area contributed by atoms with E-state index in [0.717, 1.165) is 0 Å². The topological polar surface area (TPSA) is 71.1 Å². The molecule has 102 valence electrons. The minimum absolute atomic E-state index is 0.0362. The van der Waals surface area contributed by atoms with Crippen molar-refractivity contribution in [3.63, 3.8) is 0 Å². The average molecular weight is 276 g/mol. The molecule has 0 N–H and O–H groups in total. The van der Waals surface area contributed by atoms with E-state index < -0.39 is 16.9 Å². The van der Waals surface area contributed by atoms with E-state index in [4.69, 9.17) is 9.47 Å². The summed E-state index contributed by atoms with van der Waals surface area (Å²) in [7, 11) is 4.12. The first kappa shape index (κ1) is 14.8. The van der Waals surface area contributed by atoms with Crippen molar-refractivity contribution in [2.45, 2.75) is 17.8 Å². The fourth-order valence-corrected chi connectivity index (χ4v) is 2.51. The fourth-order valence-electron chi connectivity index (χ4n) is 1.42. The van der Waals surface area contributed by atoms with Gasteiger partial charge in [0.05, 0.1) is 27.8 Å². The summed E-state index contributed by atoms with van der Waals surface area (Å²) >= 11 is 1.26. The van der Waals surface area contributed by atoms with E-state index in [9.17, 15) is 9.59 Å². The quantitative estimate of drug-likeness (QED) is 0.672. The van der Waals surface area contributed by atoms with Crippen LogP contribution in [-0.2, 0) is 28.5 Å². The molecule has 0 saturated heterocycles. The van der Waals surface area contributed by atoms with Crippen LogP contribution in [0.1, 0.15) is 12.8 Å². The molecular formula is C11H16O6S. The molecular weight excluding hydrogens is 260 g/mol. The second kappa shape index (κ2) is 6.65. The zero-order valence-electron chi connectivity index (χ0n) is 10.6. The zero-order chi connectivity index (χ0) is 13.6. The Morgan fingerprint density at radius 2 is 1.94 bits per heavy atom. The van der Waals surface area contributed by atoms with Gasteiger partial charge in [0.2, 0.25) is 0 Å². The zero-order valence-corrected chi connectivity index (χ0v) is 11.4. The number of carbonyl (C=O) groups excluding carboxylic acids is 2. The van der Waals surface area contributed by atoms with Crippen molar-refractivity contribution in [2.24, 2.45) is 0 Å². The molecule has 1 rings (SSSR count). The minimum atomic E-state index is -0.855. The van der Waals surface area contributed by atoms with Crippen molar-refractivity contribution in [1.82, 2.24) is 0 Å². The van der Waals surface area contributed by atoms with Gasteiger partial charge in [0, 0.05) is 6.42 Å². The summed E-state index contributed by atoms with van der Waals surface area (Å²) in [6, 6.07) is 0. The van der Waals surface area contributed by atoms with Gasteiger partial charge < -0.3 is 18.9 Å². The minimum Gasteiger partial charge on any atom is -0.491 e. The summed E-state index contributed by atoms with van der Waals surface area (Å²) in [6.45, 7) is -0.217. The van der Waals surface area contributed by atoms with Gasteiger partial charge in [0.1, 0.15) is 11.5 Å². The van der Waals surface area contributed by atoms with Crippen LogP contribution >= 0.6 is 11.8 Å².